The molecular formula is C35H42ClN3O6S. The van der Waals surface area contributed by atoms with Crippen LogP contribution in [0, 0.1) is 17.8 Å². The molecule has 9 nitrogen and oxygen atoms in total. The zero-order chi connectivity index (χ0) is 32.2. The molecule has 7 rings (SSSR count). The Morgan fingerprint density at radius 1 is 1.11 bits per heavy atom. The van der Waals surface area contributed by atoms with Gasteiger partial charge in [0, 0.05) is 62.1 Å². The van der Waals surface area contributed by atoms with Gasteiger partial charge in [-0.25, -0.2) is 13.1 Å². The first kappa shape index (κ1) is 31.5. The highest BCUT2D eigenvalue weighted by atomic mass is 35.5. The maximum absolute atomic E-state index is 13.7. The molecule has 1 saturated carbocycles. The van der Waals surface area contributed by atoms with E-state index < -0.39 is 21.2 Å². The molecule has 11 heteroatoms. The molecule has 2 aliphatic carbocycles. The topological polar surface area (TPSA) is 105 Å². The maximum Gasteiger partial charge on any atom is 0.264 e. The van der Waals surface area contributed by atoms with Gasteiger partial charge in [-0.1, -0.05) is 29.8 Å². The molecule has 0 unspecified atom stereocenters. The van der Waals surface area contributed by atoms with E-state index in [4.69, 9.17) is 21.1 Å². The summed E-state index contributed by atoms with van der Waals surface area (Å²) in [4.78, 5) is 29.8. The summed E-state index contributed by atoms with van der Waals surface area (Å²) in [6.45, 7) is 3.79. The number of methoxy groups -OCH3 is 1. The fraction of sp³-hybridized carbons (Fsp3) is 0.543. The van der Waals surface area contributed by atoms with E-state index in [0.29, 0.717) is 43.7 Å². The van der Waals surface area contributed by atoms with E-state index in [1.54, 1.807) is 30.2 Å². The van der Waals surface area contributed by atoms with E-state index in [0.717, 1.165) is 49.4 Å². The molecule has 46 heavy (non-hydrogen) atoms. The molecule has 3 heterocycles. The van der Waals surface area contributed by atoms with Crippen molar-refractivity contribution in [2.24, 2.45) is 17.8 Å². The van der Waals surface area contributed by atoms with E-state index in [9.17, 15) is 18.0 Å². The number of benzene rings is 2. The number of allylic oxidation sites excluding steroid dienone is 1. The van der Waals surface area contributed by atoms with Gasteiger partial charge in [0.1, 0.15) is 11.0 Å². The summed E-state index contributed by atoms with van der Waals surface area (Å²) in [5.74, 6) is 0.160. The number of hydrogen-bond donors (Lipinski definition) is 1. The van der Waals surface area contributed by atoms with Crippen molar-refractivity contribution in [1.29, 1.82) is 0 Å². The second-order valence-electron chi connectivity index (χ2n) is 13.9. The lowest BCUT2D eigenvalue weighted by Gasteiger charge is -2.46. The summed E-state index contributed by atoms with van der Waals surface area (Å²) >= 11 is 6.42. The van der Waals surface area contributed by atoms with Crippen molar-refractivity contribution >= 4 is 39.1 Å². The number of amides is 2. The van der Waals surface area contributed by atoms with Crippen molar-refractivity contribution in [3.8, 4) is 5.75 Å². The number of nitrogens with zero attached hydrogens (tertiary/aromatic N) is 2. The SMILES string of the molecule is CO[C@H]1/C=C/C[C@H]2CN(C(C)=O)C[C@@H]2S(=O)(=O)NC(=O)c2ccc3c(c2)N(C[C@@H]2CC[C@H]21)C[C@@]1(CCCc2cc(Cl)ccc21)CO3. The fourth-order valence-electron chi connectivity index (χ4n) is 8.52. The molecule has 246 valence electrons. The van der Waals surface area contributed by atoms with Crippen molar-refractivity contribution in [1.82, 2.24) is 9.62 Å². The van der Waals surface area contributed by atoms with Crippen LogP contribution in [0.4, 0.5) is 5.69 Å². The Morgan fingerprint density at radius 3 is 2.72 bits per heavy atom. The number of likely N-dealkylation sites (tertiary alicyclic amines) is 1. The minimum Gasteiger partial charge on any atom is -0.490 e. The summed E-state index contributed by atoms with van der Waals surface area (Å²) in [7, 11) is -2.36. The van der Waals surface area contributed by atoms with E-state index in [-0.39, 0.29) is 35.5 Å². The van der Waals surface area contributed by atoms with Crippen LogP contribution >= 0.6 is 11.6 Å². The van der Waals surface area contributed by atoms with Crippen LogP contribution in [0.5, 0.6) is 5.75 Å². The molecule has 1 saturated heterocycles. The molecule has 1 N–H and O–H groups in total. The molecule has 6 atom stereocenters. The number of sulfonamides is 1. The van der Waals surface area contributed by atoms with Crippen LogP contribution in [-0.4, -0.2) is 76.4 Å². The lowest BCUT2D eigenvalue weighted by molar-refractivity contribution is -0.127. The van der Waals surface area contributed by atoms with Crippen molar-refractivity contribution in [3.63, 3.8) is 0 Å². The Bertz CT molecular complexity index is 1680. The van der Waals surface area contributed by atoms with Gasteiger partial charge in [-0.15, -0.1) is 0 Å². The van der Waals surface area contributed by atoms with Crippen LogP contribution in [-0.2, 0) is 31.4 Å². The largest absolute Gasteiger partial charge is 0.490 e. The van der Waals surface area contributed by atoms with Crippen LogP contribution in [0.1, 0.15) is 60.5 Å². The van der Waals surface area contributed by atoms with Crippen LogP contribution in [0.15, 0.2) is 48.6 Å². The minimum absolute atomic E-state index is 0.0510. The predicted molar refractivity (Wildman–Crippen MR) is 177 cm³/mol. The molecule has 1 spiro atoms. The standard InChI is InChI=1S/C35H42ClN3O6S/c1-22(40)38-18-26-5-3-7-31(44-2)28-11-8-25(28)17-39-20-35(14-4-6-23-15-27(36)10-12-29(23)35)21-45-32-13-9-24(16-30(32)39)34(41)37-46(42,43)33(26)19-38/h3,7,9-10,12-13,15-16,25-26,28,31,33H,4-6,8,11,14,17-21H2,1-2H3,(H,37,41)/b7-3+/t25-,26-,28+,31-,33-,35-/m0/s1. The molecular weight excluding hydrogens is 626 g/mol. The highest BCUT2D eigenvalue weighted by Gasteiger charge is 2.46. The van der Waals surface area contributed by atoms with Crippen molar-refractivity contribution in [2.75, 3.05) is 44.8 Å². The summed E-state index contributed by atoms with van der Waals surface area (Å²) in [6, 6.07) is 11.4. The Hall–Kier alpha value is -3.08. The number of fused-ring (bicyclic) bond motifs is 5. The lowest BCUT2D eigenvalue weighted by atomic mass is 9.68. The first-order valence-electron chi connectivity index (χ1n) is 16.4. The highest BCUT2D eigenvalue weighted by molar-refractivity contribution is 7.90. The quantitative estimate of drug-likeness (QED) is 0.439. The number of aryl methyl sites for hydroxylation is 1. The van der Waals surface area contributed by atoms with Gasteiger partial charge in [0.2, 0.25) is 15.9 Å². The van der Waals surface area contributed by atoms with E-state index in [1.807, 2.05) is 12.1 Å². The van der Waals surface area contributed by atoms with Crippen molar-refractivity contribution in [3.05, 3.63) is 70.3 Å². The molecule has 2 aromatic rings. The Balaban J connectivity index is 1.29. The number of halogens is 1. The van der Waals surface area contributed by atoms with E-state index in [2.05, 4.69) is 27.8 Å². The number of anilines is 1. The lowest BCUT2D eigenvalue weighted by Crippen LogP contribution is -2.49. The Kier molecular flexibility index (Phi) is 8.34. The smallest absolute Gasteiger partial charge is 0.264 e. The van der Waals surface area contributed by atoms with Gasteiger partial charge in [0.25, 0.3) is 5.91 Å². The second-order valence-corrected chi connectivity index (χ2v) is 16.2. The van der Waals surface area contributed by atoms with Crippen LogP contribution in [0.3, 0.4) is 0 Å². The van der Waals surface area contributed by atoms with Crippen molar-refractivity contribution < 1.29 is 27.5 Å². The Morgan fingerprint density at radius 2 is 1.96 bits per heavy atom. The normalized spacial score (nSPS) is 32.6. The van der Waals surface area contributed by atoms with E-state index in [1.165, 1.54) is 18.1 Å². The van der Waals surface area contributed by atoms with Crippen molar-refractivity contribution in [2.45, 2.75) is 62.2 Å². The van der Waals surface area contributed by atoms with Gasteiger partial charge < -0.3 is 19.3 Å². The van der Waals surface area contributed by atoms with Gasteiger partial charge in [0.15, 0.2) is 0 Å². The molecule has 0 aromatic heterocycles. The molecule has 2 bridgehead atoms. The first-order valence-corrected chi connectivity index (χ1v) is 18.3. The Labute approximate surface area is 276 Å². The second kappa shape index (κ2) is 12.2. The van der Waals surface area contributed by atoms with Gasteiger partial charge in [-0.2, -0.15) is 0 Å². The zero-order valence-corrected chi connectivity index (χ0v) is 28.0. The number of ether oxygens (including phenoxy) is 2. The predicted octanol–water partition coefficient (Wildman–Crippen LogP) is 4.72. The number of carbonyl (C=O) groups is 2. The highest BCUT2D eigenvalue weighted by Crippen LogP contribution is 2.47. The fourth-order valence-corrected chi connectivity index (χ4v) is 10.3. The average molecular weight is 668 g/mol. The van der Waals surface area contributed by atoms with Crippen LogP contribution in [0.25, 0.3) is 0 Å². The van der Waals surface area contributed by atoms with Crippen LogP contribution < -0.4 is 14.4 Å². The number of hydrogen-bond acceptors (Lipinski definition) is 7. The third kappa shape index (κ3) is 5.70. The van der Waals surface area contributed by atoms with Gasteiger partial charge in [0.05, 0.1) is 18.4 Å². The average Bonchev–Trinajstić information content (AvgIpc) is 3.39. The zero-order valence-electron chi connectivity index (χ0n) is 26.4. The summed E-state index contributed by atoms with van der Waals surface area (Å²) in [6.07, 6.45) is 9.52. The number of nitrogens with one attached hydrogen (secondary N) is 1. The monoisotopic (exact) mass is 667 g/mol. The number of carbonyl (C=O) groups excluding carboxylic acids is 2. The maximum atomic E-state index is 13.7. The molecule has 2 aromatic carbocycles. The molecule has 2 amide bonds. The third-order valence-electron chi connectivity index (χ3n) is 11.1. The van der Waals surface area contributed by atoms with E-state index >= 15 is 0 Å². The minimum atomic E-state index is -4.09. The molecule has 0 radical (unpaired) electrons. The summed E-state index contributed by atoms with van der Waals surface area (Å²) in [5, 5.41) is -0.172. The molecule has 3 aliphatic heterocycles. The van der Waals surface area contributed by atoms with Gasteiger partial charge in [-0.05, 0) is 91.8 Å². The first-order chi connectivity index (χ1) is 22.1. The van der Waals surface area contributed by atoms with Gasteiger partial charge in [-0.3, -0.25) is 9.59 Å². The third-order valence-corrected chi connectivity index (χ3v) is 13.2. The molecule has 5 aliphatic rings. The summed E-state index contributed by atoms with van der Waals surface area (Å²) in [5.41, 5.74) is 3.32. The summed E-state index contributed by atoms with van der Waals surface area (Å²) < 4.78 is 42.4. The molecule has 2 fully saturated rings. The number of rotatable bonds is 1. The van der Waals surface area contributed by atoms with Gasteiger partial charge >= 0.3 is 0 Å². The van der Waals surface area contributed by atoms with Crippen LogP contribution in [0.2, 0.25) is 5.02 Å².